The third-order valence-corrected chi connectivity index (χ3v) is 5.68. The number of hydrazone groups is 1. The van der Waals surface area contributed by atoms with Crippen LogP contribution in [0.1, 0.15) is 61.5 Å². The van der Waals surface area contributed by atoms with Crippen molar-refractivity contribution in [3.63, 3.8) is 0 Å². The fourth-order valence-corrected chi connectivity index (χ4v) is 3.88. The molecule has 1 aliphatic heterocycles. The third kappa shape index (κ3) is 7.30. The Morgan fingerprint density at radius 2 is 1.49 bits per heavy atom. The molecule has 1 aliphatic rings. The zero-order valence-corrected chi connectivity index (χ0v) is 22.4. The Morgan fingerprint density at radius 1 is 0.923 bits per heavy atom. The van der Waals surface area contributed by atoms with Crippen molar-refractivity contribution in [1.29, 1.82) is 0 Å². The molecule has 0 saturated carbocycles. The van der Waals surface area contributed by atoms with Crippen LogP contribution in [0.15, 0.2) is 77.9 Å². The van der Waals surface area contributed by atoms with Crippen LogP contribution >= 0.6 is 0 Å². The highest BCUT2D eigenvalue weighted by Gasteiger charge is 2.28. The number of guanidine groups is 1. The van der Waals surface area contributed by atoms with Crippen molar-refractivity contribution < 1.29 is 19.4 Å². The van der Waals surface area contributed by atoms with Crippen LogP contribution in [0.3, 0.4) is 0 Å². The predicted molar refractivity (Wildman–Crippen MR) is 150 cm³/mol. The van der Waals surface area contributed by atoms with Gasteiger partial charge in [-0.05, 0) is 75.2 Å². The van der Waals surface area contributed by atoms with E-state index in [1.807, 2.05) is 76.2 Å². The molecular weight excluding hydrogens is 498 g/mol. The zero-order chi connectivity index (χ0) is 27.9. The van der Waals surface area contributed by atoms with Crippen molar-refractivity contribution in [2.75, 3.05) is 5.32 Å². The van der Waals surface area contributed by atoms with Crippen molar-refractivity contribution >= 4 is 17.6 Å². The molecule has 4 rings (SSSR count). The van der Waals surface area contributed by atoms with Crippen LogP contribution in [0.5, 0.6) is 11.5 Å². The molecule has 11 nitrogen and oxygen atoms in total. The van der Waals surface area contributed by atoms with Gasteiger partial charge in [-0.1, -0.05) is 36.4 Å². The monoisotopic (exact) mass is 533 g/mol. The molecule has 1 saturated heterocycles. The second-order valence-corrected chi connectivity index (χ2v) is 9.53. The van der Waals surface area contributed by atoms with Crippen LogP contribution < -0.4 is 36.8 Å². The molecule has 0 aliphatic carbocycles. The number of benzene rings is 3. The first-order chi connectivity index (χ1) is 18.7. The standard InChI is InChI=1S/C28H35N7O4/c1-17(2)38-21-13-9-19(10-14-21)25(30-24-8-6-5-7-23(24)27(36)37)31-32-28(29)35-33-26(34-35)20-11-15-22(16-12-20)39-18(3)4/h5-18,25-26,30-31,33-34H,1-4H3,(H2,29,32)(H,36,37). The van der Waals surface area contributed by atoms with Gasteiger partial charge < -0.3 is 25.6 Å². The van der Waals surface area contributed by atoms with Gasteiger partial charge in [0.1, 0.15) is 23.8 Å². The van der Waals surface area contributed by atoms with E-state index in [-0.39, 0.29) is 29.9 Å². The molecule has 3 aromatic rings. The number of hydrogen-bond acceptors (Lipinski definition) is 8. The van der Waals surface area contributed by atoms with E-state index >= 15 is 0 Å². The molecule has 1 fully saturated rings. The molecule has 0 radical (unpaired) electrons. The summed E-state index contributed by atoms with van der Waals surface area (Å²) in [5.74, 6) is 0.640. The van der Waals surface area contributed by atoms with Gasteiger partial charge in [-0.2, -0.15) is 10.9 Å². The molecular formula is C28H35N7O4. The van der Waals surface area contributed by atoms with Crippen molar-refractivity contribution in [2.24, 2.45) is 10.8 Å². The molecule has 1 unspecified atom stereocenters. The SMILES string of the molecule is CC(C)Oc1ccc(C(NN=C(N)N2NC(c3ccc(OC(C)C)cc3)N2)Nc2ccccc2C(=O)O)cc1. The van der Waals surface area contributed by atoms with Crippen LogP contribution in [-0.2, 0) is 0 Å². The summed E-state index contributed by atoms with van der Waals surface area (Å²) in [6.07, 6.45) is -0.585. The highest BCUT2D eigenvalue weighted by Crippen LogP contribution is 2.24. The number of carbonyl (C=O) groups is 1. The molecule has 0 bridgehead atoms. The van der Waals surface area contributed by atoms with Crippen LogP contribution in [0.25, 0.3) is 0 Å². The Balaban J connectivity index is 1.45. The summed E-state index contributed by atoms with van der Waals surface area (Å²) < 4.78 is 11.4. The Hall–Kier alpha value is -4.48. The first-order valence-electron chi connectivity index (χ1n) is 12.7. The number of hydrogen-bond donors (Lipinski definition) is 6. The number of anilines is 1. The maximum atomic E-state index is 11.7. The van der Waals surface area contributed by atoms with E-state index in [9.17, 15) is 9.90 Å². The van der Waals surface area contributed by atoms with Crippen LogP contribution in [0.2, 0.25) is 0 Å². The normalized spacial score (nSPS) is 14.6. The Labute approximate surface area is 227 Å². The average Bonchev–Trinajstić information content (AvgIpc) is 2.86. The van der Waals surface area contributed by atoms with E-state index in [1.165, 1.54) is 11.2 Å². The van der Waals surface area contributed by atoms with Gasteiger partial charge in [-0.3, -0.25) is 5.43 Å². The maximum Gasteiger partial charge on any atom is 0.337 e. The molecule has 0 aromatic heterocycles. The number of rotatable bonds is 11. The number of nitrogens with zero attached hydrogens (tertiary/aromatic N) is 2. The summed E-state index contributed by atoms with van der Waals surface area (Å²) in [7, 11) is 0. The fraction of sp³-hybridized carbons (Fsp3) is 0.286. The Morgan fingerprint density at radius 3 is 2.05 bits per heavy atom. The van der Waals surface area contributed by atoms with Crippen molar-refractivity contribution in [3.05, 3.63) is 89.5 Å². The number of hydrazine groups is 2. The Bertz CT molecular complexity index is 1270. The van der Waals surface area contributed by atoms with Gasteiger partial charge in [0.05, 0.1) is 23.5 Å². The summed E-state index contributed by atoms with van der Waals surface area (Å²) in [5.41, 5.74) is 18.0. The molecule has 11 heteroatoms. The summed E-state index contributed by atoms with van der Waals surface area (Å²) in [5, 5.41) is 18.7. The molecule has 206 valence electrons. The number of nitrogens with one attached hydrogen (secondary N) is 4. The number of carboxylic acids is 1. The average molecular weight is 534 g/mol. The second kappa shape index (κ2) is 12.4. The van der Waals surface area contributed by atoms with Crippen molar-refractivity contribution in [2.45, 2.75) is 52.2 Å². The highest BCUT2D eigenvalue weighted by molar-refractivity contribution is 5.94. The predicted octanol–water partition coefficient (Wildman–Crippen LogP) is 3.91. The van der Waals surface area contributed by atoms with Gasteiger partial charge in [0.15, 0.2) is 0 Å². The molecule has 1 atom stereocenters. The van der Waals surface area contributed by atoms with Gasteiger partial charge >= 0.3 is 5.97 Å². The molecule has 0 amide bonds. The Kier molecular flexibility index (Phi) is 8.74. The minimum atomic E-state index is -1.04. The molecule has 1 heterocycles. The summed E-state index contributed by atoms with van der Waals surface area (Å²) in [6, 6.07) is 21.9. The lowest BCUT2D eigenvalue weighted by Gasteiger charge is -2.41. The van der Waals surface area contributed by atoms with E-state index in [1.54, 1.807) is 18.2 Å². The first-order valence-corrected chi connectivity index (χ1v) is 12.7. The summed E-state index contributed by atoms with van der Waals surface area (Å²) in [4.78, 5) is 11.7. The van der Waals surface area contributed by atoms with Gasteiger partial charge in [0.25, 0.3) is 0 Å². The van der Waals surface area contributed by atoms with Crippen LogP contribution in [-0.4, -0.2) is 34.4 Å². The number of aromatic carboxylic acids is 1. The largest absolute Gasteiger partial charge is 0.491 e. The van der Waals surface area contributed by atoms with Crippen molar-refractivity contribution in [3.8, 4) is 11.5 Å². The van der Waals surface area contributed by atoms with Gasteiger partial charge in [-0.15, -0.1) is 5.10 Å². The van der Waals surface area contributed by atoms with Crippen LogP contribution in [0, 0.1) is 0 Å². The summed E-state index contributed by atoms with van der Waals surface area (Å²) in [6.45, 7) is 7.88. The number of ether oxygens (including phenoxy) is 2. The molecule has 7 N–H and O–H groups in total. The van der Waals surface area contributed by atoms with Crippen molar-refractivity contribution in [1.82, 2.24) is 21.4 Å². The summed E-state index contributed by atoms with van der Waals surface area (Å²) >= 11 is 0. The quantitative estimate of drug-likeness (QED) is 0.0928. The smallest absolute Gasteiger partial charge is 0.337 e. The maximum absolute atomic E-state index is 11.7. The topological polar surface area (TPSA) is 146 Å². The van der Waals surface area contributed by atoms with Crippen LogP contribution in [0.4, 0.5) is 5.69 Å². The van der Waals surface area contributed by atoms with Gasteiger partial charge in [-0.25, -0.2) is 9.91 Å². The molecule has 39 heavy (non-hydrogen) atoms. The fourth-order valence-electron chi connectivity index (χ4n) is 3.88. The minimum Gasteiger partial charge on any atom is -0.491 e. The van der Waals surface area contributed by atoms with E-state index in [0.29, 0.717) is 5.69 Å². The number of nitrogens with two attached hydrogens (primary N) is 1. The van der Waals surface area contributed by atoms with E-state index in [2.05, 4.69) is 26.7 Å². The lowest BCUT2D eigenvalue weighted by Crippen LogP contribution is -2.69. The lowest BCUT2D eigenvalue weighted by molar-refractivity contribution is 0.0194. The minimum absolute atomic E-state index is 0.0430. The number of carboxylic acid groups (broad SMARTS) is 1. The number of para-hydroxylation sites is 1. The van der Waals surface area contributed by atoms with E-state index < -0.39 is 12.1 Å². The van der Waals surface area contributed by atoms with E-state index in [4.69, 9.17) is 15.2 Å². The van der Waals surface area contributed by atoms with Gasteiger partial charge in [0.2, 0.25) is 5.96 Å². The lowest BCUT2D eigenvalue weighted by atomic mass is 10.1. The second-order valence-electron chi connectivity index (χ2n) is 9.53. The van der Waals surface area contributed by atoms with Gasteiger partial charge in [0, 0.05) is 0 Å². The molecule has 3 aromatic carbocycles. The highest BCUT2D eigenvalue weighted by atomic mass is 16.5. The first kappa shape index (κ1) is 27.6. The van der Waals surface area contributed by atoms with E-state index in [0.717, 1.165) is 22.6 Å². The third-order valence-electron chi connectivity index (χ3n) is 5.68. The molecule has 0 spiro atoms. The zero-order valence-electron chi connectivity index (χ0n) is 22.4.